The van der Waals surface area contributed by atoms with Crippen LogP contribution in [0.2, 0.25) is 0 Å². The molecule has 0 saturated carbocycles. The normalized spacial score (nSPS) is 14.6. The number of para-hydroxylation sites is 1. The fraction of sp³-hybridized carbons (Fsp3) is 0.0476. The molecular weight excluding hydrogens is 344 g/mol. The third kappa shape index (κ3) is 2.77. The number of carboxylic acid groups (broad SMARTS) is 1. The van der Waals surface area contributed by atoms with Crippen molar-refractivity contribution in [2.45, 2.75) is 6.92 Å². The molecule has 132 valence electrons. The highest BCUT2D eigenvalue weighted by Gasteiger charge is 2.34. The molecule has 27 heavy (non-hydrogen) atoms. The van der Waals surface area contributed by atoms with Gasteiger partial charge in [-0.1, -0.05) is 18.2 Å². The summed E-state index contributed by atoms with van der Waals surface area (Å²) < 4.78 is 0. The number of aromatic carboxylic acids is 1. The Morgan fingerprint density at radius 3 is 2.59 bits per heavy atom. The molecule has 6 nitrogen and oxygen atoms in total. The van der Waals surface area contributed by atoms with E-state index >= 15 is 0 Å². The maximum absolute atomic E-state index is 12.7. The summed E-state index contributed by atoms with van der Waals surface area (Å²) in [6.45, 7) is 1.41. The highest BCUT2D eigenvalue weighted by atomic mass is 16.4. The third-order valence-electron chi connectivity index (χ3n) is 4.42. The number of pyridine rings is 1. The summed E-state index contributed by atoms with van der Waals surface area (Å²) in [5, 5.41) is 9.76. The molecular formula is C21H14N2O4. The average Bonchev–Trinajstić information content (AvgIpc) is 2.93. The van der Waals surface area contributed by atoms with Crippen LogP contribution in [0.3, 0.4) is 0 Å². The Morgan fingerprint density at radius 2 is 1.85 bits per heavy atom. The van der Waals surface area contributed by atoms with Gasteiger partial charge in [0.1, 0.15) is 0 Å². The number of carbonyl (C=O) groups excluding carboxylic acids is 2. The van der Waals surface area contributed by atoms with Crippen LogP contribution in [0, 0.1) is 0 Å². The maximum atomic E-state index is 12.7. The van der Waals surface area contributed by atoms with Crippen LogP contribution in [0.15, 0.2) is 60.3 Å². The van der Waals surface area contributed by atoms with E-state index in [2.05, 4.69) is 4.98 Å². The Balaban J connectivity index is 1.81. The standard InChI is InChI=1S/C21H14N2O4/c1-12(24)23-18-5-3-2-4-16(18)20(25)19(23)11-15-8-6-13-10-14(21(26)27)7-9-17(13)22-15/h2-11H,1H3,(H,26,27)/b19-11-. The van der Waals surface area contributed by atoms with Gasteiger partial charge in [0.05, 0.1) is 28.2 Å². The first-order valence-electron chi connectivity index (χ1n) is 8.26. The van der Waals surface area contributed by atoms with Crippen molar-refractivity contribution in [2.75, 3.05) is 4.90 Å². The second-order valence-electron chi connectivity index (χ2n) is 6.18. The van der Waals surface area contributed by atoms with E-state index in [4.69, 9.17) is 5.11 Å². The number of amides is 1. The second-order valence-corrected chi connectivity index (χ2v) is 6.18. The number of anilines is 1. The molecule has 0 radical (unpaired) electrons. The first-order chi connectivity index (χ1) is 13.0. The summed E-state index contributed by atoms with van der Waals surface area (Å²) in [5.74, 6) is -1.50. The molecule has 0 aliphatic carbocycles. The lowest BCUT2D eigenvalue weighted by molar-refractivity contribution is -0.116. The molecule has 4 rings (SSSR count). The molecule has 0 bridgehead atoms. The van der Waals surface area contributed by atoms with E-state index in [9.17, 15) is 14.4 Å². The van der Waals surface area contributed by atoms with Crippen LogP contribution >= 0.6 is 0 Å². The van der Waals surface area contributed by atoms with E-state index in [1.165, 1.54) is 17.9 Å². The van der Waals surface area contributed by atoms with Crippen molar-refractivity contribution >= 4 is 40.3 Å². The second kappa shape index (κ2) is 6.17. The lowest BCUT2D eigenvalue weighted by Gasteiger charge is -2.15. The highest BCUT2D eigenvalue weighted by molar-refractivity contribution is 6.26. The molecule has 1 amide bonds. The molecule has 0 spiro atoms. The van der Waals surface area contributed by atoms with Gasteiger partial charge in [0.2, 0.25) is 11.7 Å². The molecule has 0 fully saturated rings. The maximum Gasteiger partial charge on any atom is 0.335 e. The van der Waals surface area contributed by atoms with E-state index in [1.807, 2.05) is 0 Å². The van der Waals surface area contributed by atoms with Crippen molar-refractivity contribution in [3.8, 4) is 0 Å². The Bertz CT molecular complexity index is 1160. The first-order valence-corrected chi connectivity index (χ1v) is 8.26. The monoisotopic (exact) mass is 358 g/mol. The highest BCUT2D eigenvalue weighted by Crippen LogP contribution is 2.35. The number of allylic oxidation sites excluding steroid dienone is 1. The number of rotatable bonds is 2. The number of benzene rings is 2. The Morgan fingerprint density at radius 1 is 1.07 bits per heavy atom. The van der Waals surface area contributed by atoms with Crippen molar-refractivity contribution in [2.24, 2.45) is 0 Å². The topological polar surface area (TPSA) is 87.6 Å². The van der Waals surface area contributed by atoms with Gasteiger partial charge >= 0.3 is 5.97 Å². The van der Waals surface area contributed by atoms with Gasteiger partial charge in [-0.3, -0.25) is 14.5 Å². The van der Waals surface area contributed by atoms with Crippen LogP contribution < -0.4 is 4.90 Å². The fourth-order valence-electron chi connectivity index (χ4n) is 3.19. The van der Waals surface area contributed by atoms with E-state index in [-0.39, 0.29) is 23.0 Å². The summed E-state index contributed by atoms with van der Waals surface area (Å²) in [6.07, 6.45) is 1.58. The first kappa shape index (κ1) is 16.7. The van der Waals surface area contributed by atoms with Crippen LogP contribution in [-0.4, -0.2) is 27.8 Å². The lowest BCUT2D eigenvalue weighted by Crippen LogP contribution is -2.25. The van der Waals surface area contributed by atoms with Gasteiger partial charge in [-0.05, 0) is 42.5 Å². The molecule has 2 aromatic carbocycles. The van der Waals surface area contributed by atoms with Crippen LogP contribution in [-0.2, 0) is 4.79 Å². The zero-order valence-electron chi connectivity index (χ0n) is 14.3. The summed E-state index contributed by atoms with van der Waals surface area (Å²) in [6, 6.07) is 15.0. The number of carbonyl (C=O) groups is 3. The summed E-state index contributed by atoms with van der Waals surface area (Å²) >= 11 is 0. The lowest BCUT2D eigenvalue weighted by atomic mass is 10.1. The van der Waals surface area contributed by atoms with Gasteiger partial charge in [0, 0.05) is 17.9 Å². The van der Waals surface area contributed by atoms with Crippen molar-refractivity contribution in [3.05, 3.63) is 77.1 Å². The van der Waals surface area contributed by atoms with E-state index in [0.29, 0.717) is 27.8 Å². The zero-order valence-corrected chi connectivity index (χ0v) is 14.3. The largest absolute Gasteiger partial charge is 0.478 e. The average molecular weight is 358 g/mol. The number of carboxylic acids is 1. The van der Waals surface area contributed by atoms with Crippen molar-refractivity contribution in [3.63, 3.8) is 0 Å². The molecule has 3 aromatic rings. The molecule has 2 heterocycles. The van der Waals surface area contributed by atoms with Gasteiger partial charge < -0.3 is 5.11 Å². The van der Waals surface area contributed by atoms with Crippen molar-refractivity contribution in [1.82, 2.24) is 4.98 Å². The number of aromatic nitrogens is 1. The molecule has 1 aliphatic heterocycles. The molecule has 0 atom stereocenters. The molecule has 0 unspecified atom stereocenters. The number of hydrogen-bond donors (Lipinski definition) is 1. The van der Waals surface area contributed by atoms with Gasteiger partial charge in [-0.2, -0.15) is 0 Å². The number of Topliss-reactive ketones (excluding diaryl/α,β-unsaturated/α-hetero) is 1. The Kier molecular flexibility index (Phi) is 3.81. The zero-order chi connectivity index (χ0) is 19.1. The predicted octanol–water partition coefficient (Wildman–Crippen LogP) is 3.52. The van der Waals surface area contributed by atoms with Crippen LogP contribution in [0.5, 0.6) is 0 Å². The van der Waals surface area contributed by atoms with Gasteiger partial charge in [-0.25, -0.2) is 9.78 Å². The van der Waals surface area contributed by atoms with E-state index < -0.39 is 5.97 Å². The van der Waals surface area contributed by atoms with Gasteiger partial charge in [0.15, 0.2) is 0 Å². The smallest absolute Gasteiger partial charge is 0.335 e. The minimum Gasteiger partial charge on any atom is -0.478 e. The summed E-state index contributed by atoms with van der Waals surface area (Å²) in [7, 11) is 0. The van der Waals surface area contributed by atoms with Crippen molar-refractivity contribution in [1.29, 1.82) is 0 Å². The van der Waals surface area contributed by atoms with E-state index in [1.54, 1.807) is 54.6 Å². The SMILES string of the molecule is CC(=O)N1/C(=C\c2ccc3cc(C(=O)O)ccc3n2)C(=O)c2ccccc21. The summed E-state index contributed by atoms with van der Waals surface area (Å²) in [5.41, 5.74) is 2.58. The quantitative estimate of drug-likeness (QED) is 0.708. The van der Waals surface area contributed by atoms with Crippen LogP contribution in [0.1, 0.15) is 33.3 Å². The molecule has 1 N–H and O–H groups in total. The third-order valence-corrected chi connectivity index (χ3v) is 4.42. The molecule has 0 saturated heterocycles. The van der Waals surface area contributed by atoms with Crippen LogP contribution in [0.4, 0.5) is 5.69 Å². The molecule has 1 aliphatic rings. The Hall–Kier alpha value is -3.80. The van der Waals surface area contributed by atoms with Gasteiger partial charge in [0.25, 0.3) is 0 Å². The number of hydrogen-bond acceptors (Lipinski definition) is 4. The van der Waals surface area contributed by atoms with E-state index in [0.717, 1.165) is 0 Å². The number of ketones is 1. The summed E-state index contributed by atoms with van der Waals surface area (Å²) in [4.78, 5) is 41.8. The number of fused-ring (bicyclic) bond motifs is 2. The Labute approximate surface area is 154 Å². The fourth-order valence-corrected chi connectivity index (χ4v) is 3.19. The minimum absolute atomic E-state index is 0.180. The van der Waals surface area contributed by atoms with Crippen LogP contribution in [0.25, 0.3) is 17.0 Å². The minimum atomic E-state index is -1.01. The number of nitrogens with zero attached hydrogens (tertiary/aromatic N) is 2. The predicted molar refractivity (Wildman–Crippen MR) is 101 cm³/mol. The molecule has 6 heteroatoms. The van der Waals surface area contributed by atoms with Crippen molar-refractivity contribution < 1.29 is 19.5 Å². The van der Waals surface area contributed by atoms with Gasteiger partial charge in [-0.15, -0.1) is 0 Å². The molecule has 1 aromatic heterocycles.